The van der Waals surface area contributed by atoms with E-state index in [1.54, 1.807) is 6.92 Å². The zero-order valence-electron chi connectivity index (χ0n) is 21.1. The Labute approximate surface area is 219 Å². The van der Waals surface area contributed by atoms with Gasteiger partial charge in [-0.25, -0.2) is 4.79 Å². The maximum absolute atomic E-state index is 12.7. The molecule has 1 amide bonds. The third kappa shape index (κ3) is 5.69. The van der Waals surface area contributed by atoms with Crippen molar-refractivity contribution >= 4 is 28.9 Å². The van der Waals surface area contributed by atoms with Crippen molar-refractivity contribution in [3.8, 4) is 11.5 Å². The Hall–Kier alpha value is -4.60. The molecular formula is C28H28N2O8. The Bertz CT molecular complexity index is 1360. The number of carbonyl (C=O) groups is 2. The summed E-state index contributed by atoms with van der Waals surface area (Å²) in [5.74, 6) is -0.626. The molecule has 2 aliphatic rings. The fourth-order valence-corrected chi connectivity index (χ4v) is 4.59. The Morgan fingerprint density at radius 3 is 2.66 bits per heavy atom. The van der Waals surface area contributed by atoms with E-state index in [0.717, 1.165) is 34.3 Å². The van der Waals surface area contributed by atoms with Crippen LogP contribution in [0.15, 0.2) is 60.2 Å². The van der Waals surface area contributed by atoms with E-state index in [2.05, 4.69) is 17.5 Å². The molecule has 0 heterocycles. The first-order valence-electron chi connectivity index (χ1n) is 12.1. The third-order valence-electron chi connectivity index (χ3n) is 6.40. The Balaban J connectivity index is 1.46. The summed E-state index contributed by atoms with van der Waals surface area (Å²) in [6.07, 6.45) is 6.29. The molecule has 10 heteroatoms. The number of aliphatic carboxylic acids is 1. The number of carbonyl (C=O) groups excluding carboxylic acids is 1. The summed E-state index contributed by atoms with van der Waals surface area (Å²) in [4.78, 5) is 34.7. The van der Waals surface area contributed by atoms with Crippen LogP contribution < -0.4 is 14.8 Å². The van der Waals surface area contributed by atoms with Crippen LogP contribution in [0, 0.1) is 10.1 Å². The van der Waals surface area contributed by atoms with Gasteiger partial charge in [0.25, 0.3) is 5.69 Å². The second-order valence-electron chi connectivity index (χ2n) is 8.82. The van der Waals surface area contributed by atoms with Crippen LogP contribution >= 0.6 is 0 Å². The number of allylic oxidation sites excluding steroid dienone is 5. The van der Waals surface area contributed by atoms with Gasteiger partial charge in [0.2, 0.25) is 0 Å². The van der Waals surface area contributed by atoms with Gasteiger partial charge in [0, 0.05) is 12.0 Å². The lowest BCUT2D eigenvalue weighted by atomic mass is 9.97. The quantitative estimate of drug-likeness (QED) is 0.227. The SMILES string of the molecule is COc1cc(C(C)NC(=O)OCC2=C3CC=CC=C3c3ccccc32)c([N+](=O)[O-])cc1OCCCC(=O)O. The molecular weight excluding hydrogens is 492 g/mol. The molecule has 0 bridgehead atoms. The number of rotatable bonds is 11. The van der Waals surface area contributed by atoms with E-state index in [9.17, 15) is 19.7 Å². The van der Waals surface area contributed by atoms with Gasteiger partial charge in [0.1, 0.15) is 6.61 Å². The largest absolute Gasteiger partial charge is 0.493 e. The molecule has 0 spiro atoms. The smallest absolute Gasteiger partial charge is 0.407 e. The predicted molar refractivity (Wildman–Crippen MR) is 140 cm³/mol. The highest BCUT2D eigenvalue weighted by molar-refractivity contribution is 6.01. The summed E-state index contributed by atoms with van der Waals surface area (Å²) in [6.45, 7) is 1.72. The number of nitrogens with one attached hydrogen (secondary N) is 1. The highest BCUT2D eigenvalue weighted by Gasteiger charge is 2.28. The second kappa shape index (κ2) is 11.6. The number of carboxylic acid groups (broad SMARTS) is 1. The van der Waals surface area contributed by atoms with Crippen molar-refractivity contribution in [3.05, 3.63) is 87.0 Å². The monoisotopic (exact) mass is 520 g/mol. The van der Waals surface area contributed by atoms with Crippen molar-refractivity contribution < 1.29 is 33.8 Å². The number of methoxy groups -OCH3 is 1. The number of fused-ring (bicyclic) bond motifs is 3. The van der Waals surface area contributed by atoms with E-state index in [4.69, 9.17) is 19.3 Å². The topological polar surface area (TPSA) is 137 Å². The van der Waals surface area contributed by atoms with Gasteiger partial charge in [0.15, 0.2) is 11.5 Å². The number of carboxylic acids is 1. The molecule has 4 rings (SSSR count). The lowest BCUT2D eigenvalue weighted by molar-refractivity contribution is -0.385. The molecule has 38 heavy (non-hydrogen) atoms. The molecule has 0 aromatic heterocycles. The molecule has 0 saturated heterocycles. The number of ether oxygens (including phenoxy) is 3. The molecule has 1 atom stereocenters. The van der Waals surface area contributed by atoms with Gasteiger partial charge < -0.3 is 24.6 Å². The highest BCUT2D eigenvalue weighted by atomic mass is 16.6. The first kappa shape index (κ1) is 26.5. The predicted octanol–water partition coefficient (Wildman–Crippen LogP) is 5.44. The van der Waals surface area contributed by atoms with Gasteiger partial charge in [-0.15, -0.1) is 0 Å². The van der Waals surface area contributed by atoms with E-state index in [0.29, 0.717) is 0 Å². The standard InChI is InChI=1S/C28H28N2O8/c1-17(22-14-25(36-2)26(15-24(22)30(34)35)37-13-7-12-27(31)32)29-28(33)38-16-23-20-10-5-3-8-18(20)19-9-4-6-11-21(19)23/h3-6,8-10,14-15,17H,7,11-13,16H2,1-2H3,(H,29,33)(H,31,32). The summed E-state index contributed by atoms with van der Waals surface area (Å²) >= 11 is 0. The van der Waals surface area contributed by atoms with E-state index < -0.39 is 23.0 Å². The molecule has 1 unspecified atom stereocenters. The molecule has 2 aromatic rings. The van der Waals surface area contributed by atoms with Crippen molar-refractivity contribution in [1.29, 1.82) is 0 Å². The number of alkyl carbamates (subject to hydrolysis) is 1. The lowest BCUT2D eigenvalue weighted by Crippen LogP contribution is -2.28. The number of hydrogen-bond acceptors (Lipinski definition) is 7. The van der Waals surface area contributed by atoms with Gasteiger partial charge >= 0.3 is 12.1 Å². The minimum Gasteiger partial charge on any atom is -0.493 e. The normalized spacial score (nSPS) is 14.2. The molecule has 0 radical (unpaired) electrons. The van der Waals surface area contributed by atoms with E-state index in [-0.39, 0.29) is 48.8 Å². The van der Waals surface area contributed by atoms with Crippen LogP contribution in [0.25, 0.3) is 11.1 Å². The summed E-state index contributed by atoms with van der Waals surface area (Å²) < 4.78 is 16.4. The van der Waals surface area contributed by atoms with Gasteiger partial charge in [-0.05, 0) is 48.1 Å². The van der Waals surface area contributed by atoms with Gasteiger partial charge in [-0.1, -0.05) is 42.5 Å². The van der Waals surface area contributed by atoms with E-state index in [1.807, 2.05) is 30.3 Å². The lowest BCUT2D eigenvalue weighted by Gasteiger charge is -2.18. The summed E-state index contributed by atoms with van der Waals surface area (Å²) in [7, 11) is 1.39. The molecule has 0 saturated carbocycles. The Morgan fingerprint density at radius 1 is 1.18 bits per heavy atom. The average molecular weight is 521 g/mol. The maximum Gasteiger partial charge on any atom is 0.407 e. The fourth-order valence-electron chi connectivity index (χ4n) is 4.59. The zero-order chi connectivity index (χ0) is 27.2. The minimum absolute atomic E-state index is 0.0486. The molecule has 2 aliphatic carbocycles. The van der Waals surface area contributed by atoms with Crippen molar-refractivity contribution in [3.63, 3.8) is 0 Å². The van der Waals surface area contributed by atoms with Crippen LogP contribution in [0.3, 0.4) is 0 Å². The number of benzene rings is 2. The number of nitrogens with zero attached hydrogens (tertiary/aromatic N) is 1. The number of nitro benzene ring substituents is 1. The number of amides is 1. The minimum atomic E-state index is -0.963. The summed E-state index contributed by atoms with van der Waals surface area (Å²) in [6, 6.07) is 9.83. The summed E-state index contributed by atoms with van der Waals surface area (Å²) in [5.41, 5.74) is 5.25. The first-order valence-corrected chi connectivity index (χ1v) is 12.1. The number of nitro groups is 1. The summed E-state index contributed by atoms with van der Waals surface area (Å²) in [5, 5.41) is 23.2. The third-order valence-corrected chi connectivity index (χ3v) is 6.40. The molecule has 198 valence electrons. The van der Waals surface area contributed by atoms with Crippen LogP contribution in [-0.4, -0.2) is 42.4 Å². The second-order valence-corrected chi connectivity index (χ2v) is 8.82. The van der Waals surface area contributed by atoms with Crippen LogP contribution in [0.1, 0.15) is 48.9 Å². The fraction of sp³-hybridized carbons (Fsp3) is 0.286. The van der Waals surface area contributed by atoms with Gasteiger partial charge in [-0.3, -0.25) is 14.9 Å². The maximum atomic E-state index is 12.7. The Kier molecular flexibility index (Phi) is 8.10. The molecule has 0 aliphatic heterocycles. The molecule has 2 aromatic carbocycles. The van der Waals surface area contributed by atoms with Gasteiger partial charge in [-0.2, -0.15) is 0 Å². The molecule has 0 fully saturated rings. The Morgan fingerprint density at radius 2 is 1.95 bits per heavy atom. The van der Waals surface area contributed by atoms with Crippen LogP contribution in [0.5, 0.6) is 11.5 Å². The van der Waals surface area contributed by atoms with Crippen molar-refractivity contribution in [1.82, 2.24) is 5.32 Å². The average Bonchev–Trinajstić information content (AvgIpc) is 3.23. The van der Waals surface area contributed by atoms with Crippen LogP contribution in [0.4, 0.5) is 10.5 Å². The van der Waals surface area contributed by atoms with Crippen LogP contribution in [0.2, 0.25) is 0 Å². The van der Waals surface area contributed by atoms with Gasteiger partial charge in [0.05, 0.1) is 36.3 Å². The van der Waals surface area contributed by atoms with Crippen molar-refractivity contribution in [2.75, 3.05) is 20.3 Å². The van der Waals surface area contributed by atoms with Crippen molar-refractivity contribution in [2.24, 2.45) is 0 Å². The molecule has 2 N–H and O–H groups in total. The first-order chi connectivity index (χ1) is 18.3. The van der Waals surface area contributed by atoms with E-state index in [1.165, 1.54) is 19.2 Å². The van der Waals surface area contributed by atoms with Crippen molar-refractivity contribution in [2.45, 2.75) is 32.2 Å². The molecule has 10 nitrogen and oxygen atoms in total. The van der Waals surface area contributed by atoms with Crippen LogP contribution in [-0.2, 0) is 9.53 Å². The van der Waals surface area contributed by atoms with E-state index >= 15 is 0 Å². The number of hydrogen-bond donors (Lipinski definition) is 2. The highest BCUT2D eigenvalue weighted by Crippen LogP contribution is 2.44. The zero-order valence-corrected chi connectivity index (χ0v) is 21.1.